The molecule has 0 bridgehead atoms. The zero-order valence-electron chi connectivity index (χ0n) is 12.8. The summed E-state index contributed by atoms with van der Waals surface area (Å²) in [5.41, 5.74) is 0.652. The number of cyclic esters (lactones) is 1. The van der Waals surface area contributed by atoms with Gasteiger partial charge in [-0.3, -0.25) is 9.69 Å². The van der Waals surface area contributed by atoms with Gasteiger partial charge in [0.1, 0.15) is 5.76 Å². The van der Waals surface area contributed by atoms with Crippen molar-refractivity contribution in [1.82, 2.24) is 4.90 Å². The Morgan fingerprint density at radius 3 is 3.05 bits per heavy atom. The number of unbranched alkanes of at least 4 members (excludes halogenated alkanes) is 1. The van der Waals surface area contributed by atoms with E-state index in [0.29, 0.717) is 23.8 Å². The number of rotatable bonds is 6. The molecule has 0 amide bonds. The molecule has 5 heteroatoms. The average molecular weight is 293 g/mol. The van der Waals surface area contributed by atoms with Crippen LogP contribution < -0.4 is 0 Å². The van der Waals surface area contributed by atoms with E-state index in [1.807, 2.05) is 6.08 Å². The first kappa shape index (κ1) is 15.8. The molecule has 0 radical (unpaired) electrons. The van der Waals surface area contributed by atoms with Crippen molar-refractivity contribution in [2.75, 3.05) is 20.2 Å². The van der Waals surface area contributed by atoms with Gasteiger partial charge in [-0.25, -0.2) is 4.79 Å². The van der Waals surface area contributed by atoms with Crippen molar-refractivity contribution < 1.29 is 19.1 Å². The highest BCUT2D eigenvalue weighted by molar-refractivity contribution is 5.92. The minimum Gasteiger partial charge on any atom is -0.469 e. The van der Waals surface area contributed by atoms with E-state index in [1.54, 1.807) is 13.0 Å². The van der Waals surface area contributed by atoms with Crippen molar-refractivity contribution in [3.8, 4) is 0 Å². The molecule has 2 heterocycles. The lowest BCUT2D eigenvalue weighted by molar-refractivity contribution is -0.141. The van der Waals surface area contributed by atoms with Gasteiger partial charge < -0.3 is 9.47 Å². The zero-order valence-corrected chi connectivity index (χ0v) is 12.8. The number of hydrogen-bond acceptors (Lipinski definition) is 5. The first-order valence-corrected chi connectivity index (χ1v) is 7.51. The first-order valence-electron chi connectivity index (χ1n) is 7.51. The third-order valence-electron chi connectivity index (χ3n) is 4.02. The van der Waals surface area contributed by atoms with Gasteiger partial charge >= 0.3 is 11.9 Å². The van der Waals surface area contributed by atoms with Gasteiger partial charge in [0, 0.05) is 11.6 Å². The minimum absolute atomic E-state index is 0.132. The van der Waals surface area contributed by atoms with Crippen molar-refractivity contribution in [3.63, 3.8) is 0 Å². The number of allylic oxidation sites excluding steroid dienone is 2. The lowest BCUT2D eigenvalue weighted by Crippen LogP contribution is -2.32. The summed E-state index contributed by atoms with van der Waals surface area (Å²) in [6, 6.07) is 0.316. The molecule has 2 rings (SSSR count). The number of hydrogen-bond donors (Lipinski definition) is 0. The van der Waals surface area contributed by atoms with E-state index in [1.165, 1.54) is 7.11 Å². The van der Waals surface area contributed by atoms with Crippen molar-refractivity contribution in [2.24, 2.45) is 0 Å². The van der Waals surface area contributed by atoms with Crippen LogP contribution in [0.5, 0.6) is 0 Å². The fourth-order valence-electron chi connectivity index (χ4n) is 2.83. The highest BCUT2D eigenvalue weighted by Gasteiger charge is 2.26. The molecule has 0 aromatic rings. The number of carbonyl (C=O) groups excluding carboxylic acids is 2. The van der Waals surface area contributed by atoms with Crippen LogP contribution in [0.4, 0.5) is 0 Å². The van der Waals surface area contributed by atoms with Gasteiger partial charge in [-0.15, -0.1) is 0 Å². The molecule has 0 aromatic heterocycles. The van der Waals surface area contributed by atoms with Gasteiger partial charge in [0.05, 0.1) is 13.5 Å². The molecule has 0 aliphatic carbocycles. The summed E-state index contributed by atoms with van der Waals surface area (Å²) in [7, 11) is 1.44. The summed E-state index contributed by atoms with van der Waals surface area (Å²) < 4.78 is 9.83. The normalized spacial score (nSPS) is 24.3. The number of esters is 2. The smallest absolute Gasteiger partial charge is 0.339 e. The van der Waals surface area contributed by atoms with E-state index in [9.17, 15) is 9.59 Å². The van der Waals surface area contributed by atoms with Gasteiger partial charge in [0.2, 0.25) is 0 Å². The maximum atomic E-state index is 11.4. The Bertz CT molecular complexity index is 467. The molecule has 21 heavy (non-hydrogen) atoms. The quantitative estimate of drug-likeness (QED) is 0.555. The number of methoxy groups -OCH3 is 1. The van der Waals surface area contributed by atoms with E-state index in [0.717, 1.165) is 38.8 Å². The molecule has 0 N–H and O–H groups in total. The van der Waals surface area contributed by atoms with Crippen LogP contribution in [0.1, 0.15) is 39.0 Å². The molecule has 116 valence electrons. The van der Waals surface area contributed by atoms with Gasteiger partial charge in [0.15, 0.2) is 0 Å². The Balaban J connectivity index is 1.72. The van der Waals surface area contributed by atoms with E-state index in [4.69, 9.17) is 9.47 Å². The largest absolute Gasteiger partial charge is 0.469 e. The predicted molar refractivity (Wildman–Crippen MR) is 78.4 cm³/mol. The zero-order chi connectivity index (χ0) is 15.2. The number of likely N-dealkylation sites (tertiary alicyclic amines) is 1. The SMILES string of the molecule is COC(=O)C[C@H]1CCCN1CCC/C=C1\C=C(C)C(=O)O1. The topological polar surface area (TPSA) is 55.8 Å². The van der Waals surface area contributed by atoms with E-state index in [-0.39, 0.29) is 11.9 Å². The second-order valence-corrected chi connectivity index (χ2v) is 5.58. The van der Waals surface area contributed by atoms with Crippen molar-refractivity contribution in [2.45, 2.75) is 45.1 Å². The molecule has 5 nitrogen and oxygen atoms in total. The highest BCUT2D eigenvalue weighted by atomic mass is 16.5. The average Bonchev–Trinajstić information content (AvgIpc) is 3.02. The lowest BCUT2D eigenvalue weighted by Gasteiger charge is -2.23. The van der Waals surface area contributed by atoms with Crippen molar-refractivity contribution >= 4 is 11.9 Å². The summed E-state index contributed by atoms with van der Waals surface area (Å²) in [5.74, 6) is 0.275. The van der Waals surface area contributed by atoms with Gasteiger partial charge in [-0.05, 0) is 57.8 Å². The number of nitrogens with zero attached hydrogens (tertiary/aromatic N) is 1. The van der Waals surface area contributed by atoms with Crippen LogP contribution in [0.25, 0.3) is 0 Å². The van der Waals surface area contributed by atoms with Crippen LogP contribution >= 0.6 is 0 Å². The van der Waals surface area contributed by atoms with Gasteiger partial charge in [-0.1, -0.05) is 0 Å². The molecule has 2 aliphatic rings. The van der Waals surface area contributed by atoms with Gasteiger partial charge in [-0.2, -0.15) is 0 Å². The molecule has 0 saturated carbocycles. The van der Waals surface area contributed by atoms with Gasteiger partial charge in [0.25, 0.3) is 0 Å². The summed E-state index contributed by atoms with van der Waals surface area (Å²) in [6.07, 6.45) is 8.28. The Hall–Kier alpha value is -1.62. The standard InChI is InChI=1S/C16H23NO4/c1-12-10-14(21-16(12)19)7-3-4-8-17-9-5-6-13(17)11-15(18)20-2/h7,10,13H,3-6,8-9,11H2,1-2H3/b14-7+/t13-/m1/s1. The third kappa shape index (κ3) is 4.43. The Labute approximate surface area is 125 Å². The highest BCUT2D eigenvalue weighted by Crippen LogP contribution is 2.21. The summed E-state index contributed by atoms with van der Waals surface area (Å²) in [5, 5.41) is 0. The fourth-order valence-corrected chi connectivity index (χ4v) is 2.83. The first-order chi connectivity index (χ1) is 10.1. The molecule has 0 aromatic carbocycles. The Morgan fingerprint density at radius 1 is 1.57 bits per heavy atom. The van der Waals surface area contributed by atoms with Crippen LogP contribution in [0.3, 0.4) is 0 Å². The summed E-state index contributed by atoms with van der Waals surface area (Å²) in [4.78, 5) is 24.9. The predicted octanol–water partition coefficient (Wildman–Crippen LogP) is 2.18. The molecular formula is C16H23NO4. The third-order valence-corrected chi connectivity index (χ3v) is 4.02. The molecule has 0 unspecified atom stereocenters. The summed E-state index contributed by atoms with van der Waals surface area (Å²) in [6.45, 7) is 3.76. The Kier molecular flexibility index (Phi) is 5.56. The van der Waals surface area contributed by atoms with E-state index in [2.05, 4.69) is 4.90 Å². The maximum absolute atomic E-state index is 11.4. The monoisotopic (exact) mass is 293 g/mol. The molecule has 2 aliphatic heterocycles. The van der Waals surface area contributed by atoms with Crippen molar-refractivity contribution in [3.05, 3.63) is 23.5 Å². The van der Waals surface area contributed by atoms with E-state index >= 15 is 0 Å². The van der Waals surface area contributed by atoms with E-state index < -0.39 is 0 Å². The van der Waals surface area contributed by atoms with Crippen LogP contribution in [0, 0.1) is 0 Å². The minimum atomic E-state index is -0.251. The number of carbonyl (C=O) groups is 2. The van der Waals surface area contributed by atoms with Crippen LogP contribution in [-0.2, 0) is 19.1 Å². The molecule has 0 spiro atoms. The maximum Gasteiger partial charge on any atom is 0.339 e. The van der Waals surface area contributed by atoms with Crippen molar-refractivity contribution in [1.29, 1.82) is 0 Å². The number of ether oxygens (including phenoxy) is 2. The fraction of sp³-hybridized carbons (Fsp3) is 0.625. The second-order valence-electron chi connectivity index (χ2n) is 5.58. The second kappa shape index (κ2) is 7.41. The van der Waals surface area contributed by atoms with Crippen LogP contribution in [0.2, 0.25) is 0 Å². The lowest BCUT2D eigenvalue weighted by atomic mass is 10.1. The Morgan fingerprint density at radius 2 is 2.38 bits per heavy atom. The summed E-state index contributed by atoms with van der Waals surface area (Å²) >= 11 is 0. The molecule has 1 saturated heterocycles. The molecule has 1 fully saturated rings. The van der Waals surface area contributed by atoms with Crippen LogP contribution in [-0.4, -0.2) is 43.1 Å². The van der Waals surface area contributed by atoms with Crippen LogP contribution in [0.15, 0.2) is 23.5 Å². The molecular weight excluding hydrogens is 270 g/mol. The molecule has 1 atom stereocenters.